The number of carbonyl (C=O) groups excluding carboxylic acids is 1. The van der Waals surface area contributed by atoms with Gasteiger partial charge in [-0.2, -0.15) is 0 Å². The molecule has 0 heterocycles. The molecule has 8 heteroatoms. The number of amides is 1. The SMILES string of the molecule is CCOc1ccc(S(=O)(=O)NCCC(=O)NC(CN)C2CC2)cc1. The van der Waals surface area contributed by atoms with Gasteiger partial charge in [-0.05, 0) is 49.9 Å². The van der Waals surface area contributed by atoms with Crippen LogP contribution in [0.3, 0.4) is 0 Å². The van der Waals surface area contributed by atoms with Gasteiger partial charge in [0, 0.05) is 25.6 Å². The van der Waals surface area contributed by atoms with Crippen molar-refractivity contribution in [2.75, 3.05) is 19.7 Å². The summed E-state index contributed by atoms with van der Waals surface area (Å²) in [4.78, 5) is 12.0. The van der Waals surface area contributed by atoms with E-state index in [1.54, 1.807) is 12.1 Å². The minimum absolute atomic E-state index is 0.000201. The fourth-order valence-corrected chi connectivity index (χ4v) is 3.44. The number of nitrogens with one attached hydrogen (secondary N) is 2. The van der Waals surface area contributed by atoms with Crippen LogP contribution in [0.2, 0.25) is 0 Å². The third-order valence-corrected chi connectivity index (χ3v) is 5.36. The first-order valence-corrected chi connectivity index (χ1v) is 9.66. The molecule has 0 aliphatic heterocycles. The molecule has 4 N–H and O–H groups in total. The lowest BCUT2D eigenvalue weighted by atomic mass is 10.2. The van der Waals surface area contributed by atoms with Gasteiger partial charge in [-0.1, -0.05) is 0 Å². The van der Waals surface area contributed by atoms with Crippen molar-refractivity contribution in [2.45, 2.75) is 37.1 Å². The van der Waals surface area contributed by atoms with E-state index in [1.165, 1.54) is 12.1 Å². The van der Waals surface area contributed by atoms with Crippen molar-refractivity contribution in [3.8, 4) is 5.75 Å². The van der Waals surface area contributed by atoms with E-state index in [0.717, 1.165) is 12.8 Å². The van der Waals surface area contributed by atoms with Crippen LogP contribution < -0.4 is 20.5 Å². The molecule has 24 heavy (non-hydrogen) atoms. The van der Waals surface area contributed by atoms with Crippen molar-refractivity contribution in [1.29, 1.82) is 0 Å². The largest absolute Gasteiger partial charge is 0.494 e. The molecule has 1 aromatic rings. The van der Waals surface area contributed by atoms with Gasteiger partial charge >= 0.3 is 0 Å². The molecule has 2 rings (SSSR count). The Balaban J connectivity index is 1.80. The van der Waals surface area contributed by atoms with E-state index in [0.29, 0.717) is 24.8 Å². The van der Waals surface area contributed by atoms with E-state index in [4.69, 9.17) is 10.5 Å². The van der Waals surface area contributed by atoms with E-state index in [-0.39, 0.29) is 29.8 Å². The van der Waals surface area contributed by atoms with Crippen LogP contribution >= 0.6 is 0 Å². The van der Waals surface area contributed by atoms with Gasteiger partial charge in [0.05, 0.1) is 11.5 Å². The summed E-state index contributed by atoms with van der Waals surface area (Å²) in [6, 6.07) is 6.16. The van der Waals surface area contributed by atoms with Crippen LogP contribution in [0.1, 0.15) is 26.2 Å². The average molecular weight is 355 g/mol. The van der Waals surface area contributed by atoms with Crippen molar-refractivity contribution in [3.63, 3.8) is 0 Å². The summed E-state index contributed by atoms with van der Waals surface area (Å²) in [5.74, 6) is 0.898. The van der Waals surface area contributed by atoms with Gasteiger partial charge in [0.1, 0.15) is 5.75 Å². The number of hydrogen-bond acceptors (Lipinski definition) is 5. The lowest BCUT2D eigenvalue weighted by Gasteiger charge is -2.16. The second-order valence-corrected chi connectivity index (χ2v) is 7.57. The fourth-order valence-electron chi connectivity index (χ4n) is 2.41. The van der Waals surface area contributed by atoms with Crippen LogP contribution in [-0.2, 0) is 14.8 Å². The second kappa shape index (κ2) is 8.46. The lowest BCUT2D eigenvalue weighted by molar-refractivity contribution is -0.121. The first-order chi connectivity index (χ1) is 11.5. The maximum absolute atomic E-state index is 12.2. The van der Waals surface area contributed by atoms with Crippen LogP contribution in [0.5, 0.6) is 5.75 Å². The van der Waals surface area contributed by atoms with Gasteiger partial charge < -0.3 is 15.8 Å². The van der Waals surface area contributed by atoms with E-state index >= 15 is 0 Å². The normalized spacial score (nSPS) is 15.8. The highest BCUT2D eigenvalue weighted by Gasteiger charge is 2.31. The summed E-state index contributed by atoms with van der Waals surface area (Å²) in [5.41, 5.74) is 5.63. The van der Waals surface area contributed by atoms with Gasteiger partial charge in [-0.25, -0.2) is 13.1 Å². The van der Waals surface area contributed by atoms with E-state index in [1.807, 2.05) is 6.92 Å². The molecule has 0 saturated heterocycles. The monoisotopic (exact) mass is 355 g/mol. The van der Waals surface area contributed by atoms with Crippen molar-refractivity contribution in [1.82, 2.24) is 10.0 Å². The number of nitrogens with two attached hydrogens (primary N) is 1. The molecule has 134 valence electrons. The summed E-state index contributed by atoms with van der Waals surface area (Å²) in [7, 11) is -3.64. The molecule has 0 aromatic heterocycles. The van der Waals surface area contributed by atoms with Crippen LogP contribution in [-0.4, -0.2) is 40.1 Å². The highest BCUT2D eigenvalue weighted by molar-refractivity contribution is 7.89. The molecule has 1 fully saturated rings. The van der Waals surface area contributed by atoms with Crippen molar-refractivity contribution in [2.24, 2.45) is 11.7 Å². The third kappa shape index (κ3) is 5.47. The zero-order valence-electron chi connectivity index (χ0n) is 13.8. The van der Waals surface area contributed by atoms with E-state index < -0.39 is 10.0 Å². The summed E-state index contributed by atoms with van der Waals surface area (Å²) < 4.78 is 32.1. The molecular weight excluding hydrogens is 330 g/mol. The minimum atomic E-state index is -3.64. The Labute approximate surface area is 143 Å². The quantitative estimate of drug-likeness (QED) is 0.569. The average Bonchev–Trinajstić information content (AvgIpc) is 3.38. The van der Waals surface area contributed by atoms with Gasteiger partial charge in [0.25, 0.3) is 0 Å². The summed E-state index contributed by atoms with van der Waals surface area (Å²) in [6.07, 6.45) is 2.26. The summed E-state index contributed by atoms with van der Waals surface area (Å²) in [5, 5.41) is 2.86. The molecule has 0 spiro atoms. The predicted molar refractivity (Wildman–Crippen MR) is 91.1 cm³/mol. The van der Waals surface area contributed by atoms with Crippen molar-refractivity contribution >= 4 is 15.9 Å². The number of rotatable bonds is 10. The summed E-state index contributed by atoms with van der Waals surface area (Å²) in [6.45, 7) is 2.83. The van der Waals surface area contributed by atoms with Crippen LogP contribution in [0.25, 0.3) is 0 Å². The lowest BCUT2D eigenvalue weighted by Crippen LogP contribution is -2.42. The van der Waals surface area contributed by atoms with E-state index in [2.05, 4.69) is 10.0 Å². The molecular formula is C16H25N3O4S. The number of hydrogen-bond donors (Lipinski definition) is 3. The maximum Gasteiger partial charge on any atom is 0.240 e. The van der Waals surface area contributed by atoms with E-state index in [9.17, 15) is 13.2 Å². The van der Waals surface area contributed by atoms with Gasteiger partial charge in [0.15, 0.2) is 0 Å². The molecule has 1 saturated carbocycles. The van der Waals surface area contributed by atoms with Crippen molar-refractivity contribution in [3.05, 3.63) is 24.3 Å². The molecule has 0 bridgehead atoms. The molecule has 1 aliphatic rings. The molecule has 1 aromatic carbocycles. The standard InChI is InChI=1S/C16H25N3O4S/c1-2-23-13-5-7-14(8-6-13)24(21,22)18-10-9-16(20)19-15(11-17)12-3-4-12/h5-8,12,15,18H,2-4,9-11,17H2,1H3,(H,19,20). The molecule has 1 amide bonds. The highest BCUT2D eigenvalue weighted by atomic mass is 32.2. The fraction of sp³-hybridized carbons (Fsp3) is 0.562. The first-order valence-electron chi connectivity index (χ1n) is 8.18. The van der Waals surface area contributed by atoms with Gasteiger partial charge in [-0.15, -0.1) is 0 Å². The van der Waals surface area contributed by atoms with Crippen LogP contribution in [0.15, 0.2) is 29.2 Å². The number of carbonyl (C=O) groups is 1. The zero-order chi connectivity index (χ0) is 17.6. The Bertz CT molecular complexity index is 642. The molecule has 7 nitrogen and oxygen atoms in total. The predicted octanol–water partition coefficient (Wildman–Crippen LogP) is 0.607. The smallest absolute Gasteiger partial charge is 0.240 e. The Morgan fingerprint density at radius 1 is 1.33 bits per heavy atom. The number of benzene rings is 1. The topological polar surface area (TPSA) is 111 Å². The molecule has 1 aliphatic carbocycles. The Kier molecular flexibility index (Phi) is 6.59. The summed E-state index contributed by atoms with van der Waals surface area (Å²) >= 11 is 0. The maximum atomic E-state index is 12.2. The Morgan fingerprint density at radius 3 is 2.54 bits per heavy atom. The zero-order valence-corrected chi connectivity index (χ0v) is 14.6. The number of sulfonamides is 1. The second-order valence-electron chi connectivity index (χ2n) is 5.80. The highest BCUT2D eigenvalue weighted by Crippen LogP contribution is 2.32. The van der Waals surface area contributed by atoms with Crippen LogP contribution in [0, 0.1) is 5.92 Å². The molecule has 1 unspecified atom stereocenters. The molecule has 0 radical (unpaired) electrons. The Morgan fingerprint density at radius 2 is 2.00 bits per heavy atom. The third-order valence-electron chi connectivity index (χ3n) is 3.88. The Hall–Kier alpha value is -1.64. The van der Waals surface area contributed by atoms with Gasteiger partial charge in [-0.3, -0.25) is 4.79 Å². The van der Waals surface area contributed by atoms with Gasteiger partial charge in [0.2, 0.25) is 15.9 Å². The first kappa shape index (κ1) is 18.7. The number of ether oxygens (including phenoxy) is 1. The molecule has 1 atom stereocenters. The van der Waals surface area contributed by atoms with Crippen molar-refractivity contribution < 1.29 is 17.9 Å². The van der Waals surface area contributed by atoms with Crippen LogP contribution in [0.4, 0.5) is 0 Å². The minimum Gasteiger partial charge on any atom is -0.494 e.